The maximum absolute atomic E-state index is 5.39. The average Bonchev–Trinajstić information content (AvgIpc) is 3.27. The Morgan fingerprint density at radius 3 is 2.86 bits per heavy atom. The van der Waals surface area contributed by atoms with Gasteiger partial charge in [-0.3, -0.25) is 0 Å². The van der Waals surface area contributed by atoms with Gasteiger partial charge in [-0.2, -0.15) is 4.98 Å². The third-order valence-electron chi connectivity index (χ3n) is 4.19. The van der Waals surface area contributed by atoms with E-state index in [1.54, 1.807) is 0 Å². The Kier molecular flexibility index (Phi) is 3.74. The van der Waals surface area contributed by atoms with Gasteiger partial charge in [-0.15, -0.1) is 0 Å². The highest BCUT2D eigenvalue weighted by molar-refractivity contribution is 5.56. The summed E-state index contributed by atoms with van der Waals surface area (Å²) in [6.45, 7) is 5.20. The van der Waals surface area contributed by atoms with Crippen molar-refractivity contribution in [3.63, 3.8) is 0 Å². The molecule has 0 spiro atoms. The number of nitrogens with zero attached hydrogens (tertiary/aromatic N) is 4. The molecule has 0 radical (unpaired) electrons. The van der Waals surface area contributed by atoms with E-state index in [0.717, 1.165) is 63.1 Å². The SMILES string of the molecule is c1cc(N2CCOCC2)ncc1-c1noc([C@@H]2CCNC2)n1. The van der Waals surface area contributed by atoms with Crippen molar-refractivity contribution < 1.29 is 9.26 Å². The van der Waals surface area contributed by atoms with Crippen LogP contribution in [0.4, 0.5) is 5.82 Å². The van der Waals surface area contributed by atoms with Crippen molar-refractivity contribution in [2.45, 2.75) is 12.3 Å². The lowest BCUT2D eigenvalue weighted by Crippen LogP contribution is -2.36. The molecule has 0 saturated carbocycles. The summed E-state index contributed by atoms with van der Waals surface area (Å²) < 4.78 is 10.8. The molecule has 0 unspecified atom stereocenters. The lowest BCUT2D eigenvalue weighted by molar-refractivity contribution is 0.122. The number of morpholine rings is 1. The fraction of sp³-hybridized carbons (Fsp3) is 0.533. The van der Waals surface area contributed by atoms with Crippen LogP contribution < -0.4 is 10.2 Å². The minimum absolute atomic E-state index is 0.335. The van der Waals surface area contributed by atoms with Crippen molar-refractivity contribution in [1.29, 1.82) is 0 Å². The van der Waals surface area contributed by atoms with E-state index in [9.17, 15) is 0 Å². The van der Waals surface area contributed by atoms with Crippen LogP contribution in [0, 0.1) is 0 Å². The van der Waals surface area contributed by atoms with E-state index in [0.29, 0.717) is 11.7 Å². The van der Waals surface area contributed by atoms with Gasteiger partial charge in [0.25, 0.3) is 0 Å². The zero-order valence-corrected chi connectivity index (χ0v) is 12.4. The van der Waals surface area contributed by atoms with E-state index in [-0.39, 0.29) is 0 Å². The second-order valence-electron chi connectivity index (χ2n) is 5.65. The maximum atomic E-state index is 5.39. The molecular formula is C15H19N5O2. The molecular weight excluding hydrogens is 282 g/mol. The molecule has 0 bridgehead atoms. The zero-order chi connectivity index (χ0) is 14.8. The lowest BCUT2D eigenvalue weighted by Gasteiger charge is -2.27. The minimum Gasteiger partial charge on any atom is -0.378 e. The van der Waals surface area contributed by atoms with Crippen LogP contribution in [0.15, 0.2) is 22.9 Å². The molecule has 2 aromatic heterocycles. The molecule has 7 nitrogen and oxygen atoms in total. The van der Waals surface area contributed by atoms with Crippen LogP contribution in [-0.4, -0.2) is 54.5 Å². The smallest absolute Gasteiger partial charge is 0.231 e. The van der Waals surface area contributed by atoms with Crippen LogP contribution in [0.2, 0.25) is 0 Å². The number of nitrogens with one attached hydrogen (secondary N) is 1. The first-order valence-electron chi connectivity index (χ1n) is 7.73. The third kappa shape index (κ3) is 2.69. The van der Waals surface area contributed by atoms with Crippen LogP contribution in [-0.2, 0) is 4.74 Å². The Morgan fingerprint density at radius 2 is 2.14 bits per heavy atom. The zero-order valence-electron chi connectivity index (χ0n) is 12.4. The van der Waals surface area contributed by atoms with Gasteiger partial charge in [-0.05, 0) is 25.1 Å². The normalized spacial score (nSPS) is 22.2. The van der Waals surface area contributed by atoms with E-state index in [2.05, 4.69) is 25.3 Å². The molecule has 4 rings (SSSR count). The summed E-state index contributed by atoms with van der Waals surface area (Å²) in [6.07, 6.45) is 2.86. The second-order valence-corrected chi connectivity index (χ2v) is 5.65. The largest absolute Gasteiger partial charge is 0.378 e. The summed E-state index contributed by atoms with van der Waals surface area (Å²) in [7, 11) is 0. The highest BCUT2D eigenvalue weighted by Gasteiger charge is 2.23. The van der Waals surface area contributed by atoms with Gasteiger partial charge in [-0.25, -0.2) is 4.98 Å². The molecule has 0 amide bonds. The third-order valence-corrected chi connectivity index (χ3v) is 4.19. The number of aromatic nitrogens is 3. The molecule has 116 valence electrons. The summed E-state index contributed by atoms with van der Waals surface area (Å²) in [5.41, 5.74) is 0.887. The summed E-state index contributed by atoms with van der Waals surface area (Å²) in [5, 5.41) is 7.39. The highest BCUT2D eigenvalue weighted by Crippen LogP contribution is 2.24. The number of anilines is 1. The molecule has 0 aliphatic carbocycles. The van der Waals surface area contributed by atoms with Crippen molar-refractivity contribution in [3.8, 4) is 11.4 Å². The van der Waals surface area contributed by atoms with Crippen molar-refractivity contribution in [2.24, 2.45) is 0 Å². The number of hydrogen-bond acceptors (Lipinski definition) is 7. The molecule has 0 aromatic carbocycles. The van der Waals surface area contributed by atoms with Crippen molar-refractivity contribution in [3.05, 3.63) is 24.2 Å². The molecule has 4 heterocycles. The molecule has 1 atom stereocenters. The molecule has 2 fully saturated rings. The van der Waals surface area contributed by atoms with Gasteiger partial charge in [0.15, 0.2) is 0 Å². The number of pyridine rings is 1. The first-order valence-corrected chi connectivity index (χ1v) is 7.73. The first kappa shape index (κ1) is 13.7. The Labute approximate surface area is 128 Å². The summed E-state index contributed by atoms with van der Waals surface area (Å²) >= 11 is 0. The van der Waals surface area contributed by atoms with Crippen LogP contribution in [0.5, 0.6) is 0 Å². The lowest BCUT2D eigenvalue weighted by atomic mass is 10.1. The monoisotopic (exact) mass is 301 g/mol. The van der Waals surface area contributed by atoms with E-state index in [1.165, 1.54) is 0 Å². The van der Waals surface area contributed by atoms with Crippen molar-refractivity contribution >= 4 is 5.82 Å². The Bertz CT molecular complexity index is 615. The molecule has 2 saturated heterocycles. The fourth-order valence-electron chi connectivity index (χ4n) is 2.88. The van der Waals surface area contributed by atoms with Gasteiger partial charge in [-0.1, -0.05) is 5.16 Å². The van der Waals surface area contributed by atoms with Crippen LogP contribution in [0.1, 0.15) is 18.2 Å². The molecule has 1 N–H and O–H groups in total. The number of ether oxygens (including phenoxy) is 1. The molecule has 2 aliphatic heterocycles. The fourth-order valence-corrected chi connectivity index (χ4v) is 2.88. The Hall–Kier alpha value is -1.99. The van der Waals surface area contributed by atoms with Crippen molar-refractivity contribution in [1.82, 2.24) is 20.4 Å². The number of rotatable bonds is 3. The predicted octanol–water partition coefficient (Wildman–Crippen LogP) is 1.05. The van der Waals surface area contributed by atoms with Gasteiger partial charge in [0.1, 0.15) is 5.82 Å². The van der Waals surface area contributed by atoms with E-state index < -0.39 is 0 Å². The van der Waals surface area contributed by atoms with Gasteiger partial charge in [0.2, 0.25) is 11.7 Å². The summed E-state index contributed by atoms with van der Waals surface area (Å²) in [5.74, 6) is 2.64. The van der Waals surface area contributed by atoms with Gasteiger partial charge in [0.05, 0.1) is 19.1 Å². The molecule has 2 aromatic rings. The topological polar surface area (TPSA) is 76.3 Å². The van der Waals surface area contributed by atoms with E-state index in [1.807, 2.05) is 18.3 Å². The molecule has 22 heavy (non-hydrogen) atoms. The maximum Gasteiger partial charge on any atom is 0.231 e. The summed E-state index contributed by atoms with van der Waals surface area (Å²) in [4.78, 5) is 11.3. The highest BCUT2D eigenvalue weighted by atomic mass is 16.5. The van der Waals surface area contributed by atoms with Crippen LogP contribution in [0.25, 0.3) is 11.4 Å². The van der Waals surface area contributed by atoms with E-state index in [4.69, 9.17) is 9.26 Å². The van der Waals surface area contributed by atoms with Crippen LogP contribution in [0.3, 0.4) is 0 Å². The summed E-state index contributed by atoms with van der Waals surface area (Å²) in [6, 6.07) is 4.01. The first-order chi connectivity index (χ1) is 10.9. The second kappa shape index (κ2) is 6.02. The quantitative estimate of drug-likeness (QED) is 0.908. The Morgan fingerprint density at radius 1 is 1.23 bits per heavy atom. The predicted molar refractivity (Wildman–Crippen MR) is 80.8 cm³/mol. The van der Waals surface area contributed by atoms with Gasteiger partial charge < -0.3 is 19.5 Å². The standard InChI is InChI=1S/C15H19N5O2/c1-2-13(20-5-7-21-8-6-20)17-10-11(1)14-18-15(22-19-14)12-3-4-16-9-12/h1-2,10,12,16H,3-9H2/t12-/m1/s1. The average molecular weight is 301 g/mol. The number of hydrogen-bond donors (Lipinski definition) is 1. The molecule has 7 heteroatoms. The van der Waals surface area contributed by atoms with Gasteiger partial charge in [0, 0.05) is 31.4 Å². The molecule has 2 aliphatic rings. The minimum atomic E-state index is 0.335. The van der Waals surface area contributed by atoms with Crippen LogP contribution >= 0.6 is 0 Å². The Balaban J connectivity index is 1.50. The van der Waals surface area contributed by atoms with E-state index >= 15 is 0 Å². The van der Waals surface area contributed by atoms with Crippen molar-refractivity contribution in [2.75, 3.05) is 44.3 Å². The van der Waals surface area contributed by atoms with Gasteiger partial charge >= 0.3 is 0 Å².